The smallest absolute Gasteiger partial charge is 0.262 e. The largest absolute Gasteiger partial charge is 0.350 e. The number of anilines is 1. The molecule has 6 nitrogen and oxygen atoms in total. The van der Waals surface area contributed by atoms with Gasteiger partial charge in [-0.1, -0.05) is 12.1 Å². The first-order chi connectivity index (χ1) is 12.2. The van der Waals surface area contributed by atoms with Gasteiger partial charge in [0.25, 0.3) is 15.9 Å². The Balaban J connectivity index is 0.00000364. The summed E-state index contributed by atoms with van der Waals surface area (Å²) in [6.07, 6.45) is 0. The molecule has 0 aliphatic rings. The summed E-state index contributed by atoms with van der Waals surface area (Å²) in [5, 5.41) is 5.86. The number of hydrogen-bond donors (Lipinski definition) is 3. The van der Waals surface area contributed by atoms with Crippen LogP contribution in [0.15, 0.2) is 47.4 Å². The molecule has 0 saturated carbocycles. The molecule has 148 valence electrons. The van der Waals surface area contributed by atoms with E-state index in [4.69, 9.17) is 0 Å². The van der Waals surface area contributed by atoms with Crippen LogP contribution in [0.5, 0.6) is 0 Å². The molecule has 3 N–H and O–H groups in total. The third-order valence-corrected chi connectivity index (χ3v) is 5.62. The monoisotopic (exact) mass is 411 g/mol. The molecule has 0 saturated heterocycles. The number of likely N-dealkylation sites (N-methyl/N-ethyl adjacent to an activating group) is 1. The van der Waals surface area contributed by atoms with Gasteiger partial charge in [0, 0.05) is 23.8 Å². The highest BCUT2D eigenvalue weighted by atomic mass is 35.5. The van der Waals surface area contributed by atoms with Crippen molar-refractivity contribution in [3.05, 3.63) is 59.2 Å². The summed E-state index contributed by atoms with van der Waals surface area (Å²) in [4.78, 5) is 12.3. The third kappa shape index (κ3) is 6.23. The number of amides is 1. The van der Waals surface area contributed by atoms with Crippen molar-refractivity contribution in [2.75, 3.05) is 18.3 Å². The van der Waals surface area contributed by atoms with Crippen LogP contribution in [-0.2, 0) is 10.0 Å². The van der Waals surface area contributed by atoms with E-state index in [1.165, 1.54) is 0 Å². The van der Waals surface area contributed by atoms with Crippen molar-refractivity contribution < 1.29 is 13.2 Å². The standard InChI is InChI=1S/C19H25N3O3S.ClH/c1-13-5-6-14(2)18(11-13)26(24,25)22-17-9-7-16(8-10-17)19(23)21-12-15(3)20-4;/h5-11,15,20,22H,12H2,1-4H3,(H,21,23);1H. The van der Waals surface area contributed by atoms with Crippen molar-refractivity contribution in [1.29, 1.82) is 0 Å². The van der Waals surface area contributed by atoms with E-state index < -0.39 is 10.0 Å². The van der Waals surface area contributed by atoms with Gasteiger partial charge in [0.05, 0.1) is 4.90 Å². The number of aryl methyl sites for hydroxylation is 2. The van der Waals surface area contributed by atoms with E-state index in [9.17, 15) is 13.2 Å². The third-order valence-electron chi connectivity index (χ3n) is 4.09. The van der Waals surface area contributed by atoms with E-state index in [2.05, 4.69) is 15.4 Å². The van der Waals surface area contributed by atoms with Crippen LogP contribution >= 0.6 is 12.4 Å². The Kier molecular flexibility index (Phi) is 8.27. The molecule has 0 aliphatic heterocycles. The van der Waals surface area contributed by atoms with Crippen molar-refractivity contribution in [2.45, 2.75) is 31.7 Å². The fourth-order valence-electron chi connectivity index (χ4n) is 2.35. The predicted octanol–water partition coefficient (Wildman–Crippen LogP) is 2.86. The number of carbonyl (C=O) groups is 1. The topological polar surface area (TPSA) is 87.3 Å². The predicted molar refractivity (Wildman–Crippen MR) is 111 cm³/mol. The maximum Gasteiger partial charge on any atom is 0.262 e. The molecule has 27 heavy (non-hydrogen) atoms. The number of sulfonamides is 1. The van der Waals surface area contributed by atoms with Gasteiger partial charge in [0.1, 0.15) is 0 Å². The molecule has 0 bridgehead atoms. The van der Waals surface area contributed by atoms with E-state index in [0.29, 0.717) is 23.4 Å². The minimum atomic E-state index is -3.68. The van der Waals surface area contributed by atoms with Crippen LogP contribution in [-0.4, -0.2) is 34.0 Å². The molecule has 0 fully saturated rings. The Bertz CT molecular complexity index is 884. The van der Waals surface area contributed by atoms with Gasteiger partial charge in [0.2, 0.25) is 0 Å². The second-order valence-electron chi connectivity index (χ2n) is 6.35. The van der Waals surface area contributed by atoms with E-state index in [1.807, 2.05) is 27.0 Å². The van der Waals surface area contributed by atoms with E-state index >= 15 is 0 Å². The SMILES string of the molecule is CNC(C)CNC(=O)c1ccc(NS(=O)(=O)c2cc(C)ccc2C)cc1.Cl. The van der Waals surface area contributed by atoms with Crippen molar-refractivity contribution in [1.82, 2.24) is 10.6 Å². The van der Waals surface area contributed by atoms with Gasteiger partial charge in [-0.25, -0.2) is 8.42 Å². The quantitative estimate of drug-likeness (QED) is 0.653. The fraction of sp³-hybridized carbons (Fsp3) is 0.316. The molecule has 1 atom stereocenters. The summed E-state index contributed by atoms with van der Waals surface area (Å²) in [7, 11) is -1.86. The zero-order chi connectivity index (χ0) is 19.3. The van der Waals surface area contributed by atoms with Crippen LogP contribution < -0.4 is 15.4 Å². The lowest BCUT2D eigenvalue weighted by atomic mass is 10.2. The van der Waals surface area contributed by atoms with Crippen molar-refractivity contribution in [2.24, 2.45) is 0 Å². The number of halogens is 1. The lowest BCUT2D eigenvalue weighted by Gasteiger charge is -2.13. The minimum absolute atomic E-state index is 0. The van der Waals surface area contributed by atoms with Crippen LogP contribution in [0.1, 0.15) is 28.4 Å². The molecule has 2 aromatic rings. The summed E-state index contributed by atoms with van der Waals surface area (Å²) in [6.45, 7) is 6.08. The Morgan fingerprint density at radius 2 is 1.70 bits per heavy atom. The molecule has 2 rings (SSSR count). The second kappa shape index (κ2) is 9.73. The zero-order valence-corrected chi connectivity index (χ0v) is 17.5. The Labute approximate surface area is 167 Å². The lowest BCUT2D eigenvalue weighted by molar-refractivity contribution is 0.0950. The summed E-state index contributed by atoms with van der Waals surface area (Å²) < 4.78 is 27.8. The fourth-order valence-corrected chi connectivity index (χ4v) is 3.74. The molecule has 0 heterocycles. The molecule has 8 heteroatoms. The average Bonchev–Trinajstić information content (AvgIpc) is 2.61. The summed E-state index contributed by atoms with van der Waals surface area (Å²) >= 11 is 0. The van der Waals surface area contributed by atoms with Gasteiger partial charge in [0.15, 0.2) is 0 Å². The number of benzene rings is 2. The maximum atomic E-state index is 12.6. The van der Waals surface area contributed by atoms with Crippen molar-refractivity contribution >= 4 is 34.0 Å². The Morgan fingerprint density at radius 3 is 2.30 bits per heavy atom. The molecule has 0 aromatic heterocycles. The van der Waals surface area contributed by atoms with Crippen LogP contribution in [0.2, 0.25) is 0 Å². The van der Waals surface area contributed by atoms with Crippen molar-refractivity contribution in [3.63, 3.8) is 0 Å². The number of carbonyl (C=O) groups excluding carboxylic acids is 1. The van der Waals surface area contributed by atoms with E-state index in [0.717, 1.165) is 5.56 Å². The molecule has 1 amide bonds. The zero-order valence-electron chi connectivity index (χ0n) is 15.9. The van der Waals surface area contributed by atoms with Crippen LogP contribution in [0, 0.1) is 13.8 Å². The number of nitrogens with one attached hydrogen (secondary N) is 3. The Morgan fingerprint density at radius 1 is 1.07 bits per heavy atom. The Hall–Kier alpha value is -2.09. The maximum absolute atomic E-state index is 12.6. The summed E-state index contributed by atoms with van der Waals surface area (Å²) in [5.74, 6) is -0.198. The van der Waals surface area contributed by atoms with E-state index in [-0.39, 0.29) is 29.3 Å². The molecule has 0 spiro atoms. The molecule has 0 aliphatic carbocycles. The average molecular weight is 412 g/mol. The van der Waals surface area contributed by atoms with Crippen LogP contribution in [0.25, 0.3) is 0 Å². The van der Waals surface area contributed by atoms with Gasteiger partial charge in [-0.3, -0.25) is 9.52 Å². The first-order valence-corrected chi connectivity index (χ1v) is 9.87. The first-order valence-electron chi connectivity index (χ1n) is 8.38. The molecule has 1 unspecified atom stereocenters. The van der Waals surface area contributed by atoms with Gasteiger partial charge in [-0.15, -0.1) is 12.4 Å². The minimum Gasteiger partial charge on any atom is -0.350 e. The van der Waals surface area contributed by atoms with E-state index in [1.54, 1.807) is 43.3 Å². The molecule has 0 radical (unpaired) electrons. The van der Waals surface area contributed by atoms with Crippen LogP contribution in [0.4, 0.5) is 5.69 Å². The van der Waals surface area contributed by atoms with Gasteiger partial charge < -0.3 is 10.6 Å². The van der Waals surface area contributed by atoms with Crippen molar-refractivity contribution in [3.8, 4) is 0 Å². The molecule has 2 aromatic carbocycles. The summed E-state index contributed by atoms with van der Waals surface area (Å²) in [5.41, 5.74) is 2.44. The number of hydrogen-bond acceptors (Lipinski definition) is 4. The normalized spacial score (nSPS) is 12.0. The van der Waals surface area contributed by atoms with Gasteiger partial charge >= 0.3 is 0 Å². The lowest BCUT2D eigenvalue weighted by Crippen LogP contribution is -2.37. The number of rotatable bonds is 7. The van der Waals surface area contributed by atoms with Gasteiger partial charge in [-0.2, -0.15) is 0 Å². The van der Waals surface area contributed by atoms with Crippen LogP contribution in [0.3, 0.4) is 0 Å². The van der Waals surface area contributed by atoms with Gasteiger partial charge in [-0.05, 0) is 69.3 Å². The molecular weight excluding hydrogens is 386 g/mol. The highest BCUT2D eigenvalue weighted by Gasteiger charge is 2.17. The highest BCUT2D eigenvalue weighted by molar-refractivity contribution is 7.92. The second-order valence-corrected chi connectivity index (χ2v) is 8.00. The molecular formula is C19H26ClN3O3S. The first kappa shape index (κ1) is 23.0. The summed E-state index contributed by atoms with van der Waals surface area (Å²) in [6, 6.07) is 11.8. The highest BCUT2D eigenvalue weighted by Crippen LogP contribution is 2.21.